The van der Waals surface area contributed by atoms with Crippen LogP contribution in [-0.4, -0.2) is 29.3 Å². The first kappa shape index (κ1) is 17.9. The van der Waals surface area contributed by atoms with E-state index in [9.17, 15) is 4.79 Å². The lowest BCUT2D eigenvalue weighted by molar-refractivity contribution is 0.0429. The molecule has 0 spiro atoms. The maximum Gasteiger partial charge on any atom is 0.338 e. The minimum atomic E-state index is -0.509. The standard InChI is InChI=1S/C18H18N2O5S/c1-3-22-13-8-7-12(10-14(13)23-4-2)18(21)24-11-16-19-17(20-25-16)15-6-5-9-26-15/h5-10H,3-4,11H2,1-2H3. The van der Waals surface area contributed by atoms with Crippen LogP contribution in [0.1, 0.15) is 30.1 Å². The van der Waals surface area contributed by atoms with Gasteiger partial charge in [0.05, 0.1) is 23.7 Å². The lowest BCUT2D eigenvalue weighted by Gasteiger charge is -2.11. The molecule has 2 aromatic heterocycles. The van der Waals surface area contributed by atoms with E-state index < -0.39 is 5.97 Å². The van der Waals surface area contributed by atoms with Gasteiger partial charge in [0.1, 0.15) is 0 Å². The molecule has 7 nitrogen and oxygen atoms in total. The number of ether oxygens (including phenoxy) is 3. The molecule has 3 rings (SSSR count). The molecule has 0 bridgehead atoms. The van der Waals surface area contributed by atoms with Crippen LogP contribution in [-0.2, 0) is 11.3 Å². The van der Waals surface area contributed by atoms with Gasteiger partial charge in [-0.25, -0.2) is 4.79 Å². The second-order valence-corrected chi connectivity index (χ2v) is 6.04. The van der Waals surface area contributed by atoms with Gasteiger partial charge in [-0.2, -0.15) is 4.98 Å². The van der Waals surface area contributed by atoms with Crippen LogP contribution in [0.3, 0.4) is 0 Å². The number of carbonyl (C=O) groups is 1. The van der Waals surface area contributed by atoms with Crippen molar-refractivity contribution < 1.29 is 23.5 Å². The molecule has 0 aliphatic heterocycles. The zero-order valence-electron chi connectivity index (χ0n) is 14.4. The Morgan fingerprint density at radius 3 is 2.69 bits per heavy atom. The average molecular weight is 374 g/mol. The highest BCUT2D eigenvalue weighted by Gasteiger charge is 2.15. The number of hydrogen-bond acceptors (Lipinski definition) is 8. The second-order valence-electron chi connectivity index (χ2n) is 5.09. The predicted molar refractivity (Wildman–Crippen MR) is 95.5 cm³/mol. The molecule has 0 radical (unpaired) electrons. The highest BCUT2D eigenvalue weighted by molar-refractivity contribution is 7.13. The van der Waals surface area contributed by atoms with Gasteiger partial charge in [0.25, 0.3) is 5.89 Å². The summed E-state index contributed by atoms with van der Waals surface area (Å²) in [5, 5.41) is 5.80. The Bertz CT molecular complexity index is 860. The van der Waals surface area contributed by atoms with E-state index in [0.29, 0.717) is 36.1 Å². The summed E-state index contributed by atoms with van der Waals surface area (Å²) in [6.07, 6.45) is 0. The Hall–Kier alpha value is -2.87. The molecule has 0 N–H and O–H groups in total. The van der Waals surface area contributed by atoms with Crippen LogP contribution >= 0.6 is 11.3 Å². The summed E-state index contributed by atoms with van der Waals surface area (Å²) < 4.78 is 21.4. The van der Waals surface area contributed by atoms with Gasteiger partial charge in [0.2, 0.25) is 5.82 Å². The van der Waals surface area contributed by atoms with Crippen LogP contribution in [0, 0.1) is 0 Å². The van der Waals surface area contributed by atoms with Gasteiger partial charge in [-0.1, -0.05) is 11.2 Å². The maximum absolute atomic E-state index is 12.3. The van der Waals surface area contributed by atoms with Gasteiger partial charge in [0, 0.05) is 0 Å². The number of benzene rings is 1. The minimum absolute atomic E-state index is 0.103. The van der Waals surface area contributed by atoms with Crippen molar-refractivity contribution in [2.75, 3.05) is 13.2 Å². The van der Waals surface area contributed by atoms with Gasteiger partial charge in [-0.15, -0.1) is 11.3 Å². The van der Waals surface area contributed by atoms with Crippen molar-refractivity contribution in [3.8, 4) is 22.2 Å². The third-order valence-corrected chi connectivity index (χ3v) is 4.18. The molecule has 26 heavy (non-hydrogen) atoms. The van der Waals surface area contributed by atoms with Crippen molar-refractivity contribution in [2.45, 2.75) is 20.5 Å². The molecule has 8 heteroatoms. The van der Waals surface area contributed by atoms with Crippen LogP contribution in [0.2, 0.25) is 0 Å². The Morgan fingerprint density at radius 1 is 1.15 bits per heavy atom. The van der Waals surface area contributed by atoms with E-state index in [-0.39, 0.29) is 12.5 Å². The molecule has 0 saturated carbocycles. The predicted octanol–water partition coefficient (Wildman–Crippen LogP) is 3.95. The Kier molecular flexibility index (Phi) is 5.85. The maximum atomic E-state index is 12.3. The van der Waals surface area contributed by atoms with Crippen LogP contribution in [0.4, 0.5) is 0 Å². The zero-order valence-corrected chi connectivity index (χ0v) is 15.2. The molecule has 136 valence electrons. The molecule has 0 unspecified atom stereocenters. The third kappa shape index (κ3) is 4.20. The zero-order chi connectivity index (χ0) is 18.4. The van der Waals surface area contributed by atoms with Crippen LogP contribution in [0.25, 0.3) is 10.7 Å². The Balaban J connectivity index is 1.65. The van der Waals surface area contributed by atoms with Crippen LogP contribution in [0.5, 0.6) is 11.5 Å². The number of carbonyl (C=O) groups excluding carboxylic acids is 1. The van der Waals surface area contributed by atoms with Gasteiger partial charge in [-0.05, 0) is 43.5 Å². The van der Waals surface area contributed by atoms with Gasteiger partial charge in [0.15, 0.2) is 18.1 Å². The average Bonchev–Trinajstić information content (AvgIpc) is 3.33. The molecule has 0 amide bonds. The number of esters is 1. The molecule has 0 fully saturated rings. The van der Waals surface area contributed by atoms with Crippen molar-refractivity contribution >= 4 is 17.3 Å². The summed E-state index contributed by atoms with van der Waals surface area (Å²) in [7, 11) is 0. The van der Waals surface area contributed by atoms with Gasteiger partial charge >= 0.3 is 5.97 Å². The lowest BCUT2D eigenvalue weighted by atomic mass is 10.2. The molecule has 0 saturated heterocycles. The van der Waals surface area contributed by atoms with E-state index in [1.165, 1.54) is 11.3 Å². The molecule has 1 aromatic carbocycles. The van der Waals surface area contributed by atoms with Crippen LogP contribution in [0.15, 0.2) is 40.2 Å². The minimum Gasteiger partial charge on any atom is -0.490 e. The molecule has 2 heterocycles. The quantitative estimate of drug-likeness (QED) is 0.552. The molecule has 0 aliphatic carbocycles. The monoisotopic (exact) mass is 374 g/mol. The largest absolute Gasteiger partial charge is 0.490 e. The van der Waals surface area contributed by atoms with E-state index in [1.807, 2.05) is 31.4 Å². The van der Waals surface area contributed by atoms with E-state index >= 15 is 0 Å². The van der Waals surface area contributed by atoms with E-state index in [4.69, 9.17) is 18.7 Å². The van der Waals surface area contributed by atoms with Gasteiger partial charge in [-0.3, -0.25) is 0 Å². The number of nitrogens with zero attached hydrogens (tertiary/aromatic N) is 2. The lowest BCUT2D eigenvalue weighted by Crippen LogP contribution is -2.07. The molecular formula is C18H18N2O5S. The van der Waals surface area contributed by atoms with Crippen molar-refractivity contribution in [3.05, 3.63) is 47.2 Å². The normalized spacial score (nSPS) is 10.5. The smallest absolute Gasteiger partial charge is 0.338 e. The summed E-state index contributed by atoms with van der Waals surface area (Å²) in [6, 6.07) is 8.70. The number of rotatable bonds is 8. The topological polar surface area (TPSA) is 83.7 Å². The molecular weight excluding hydrogens is 356 g/mol. The Morgan fingerprint density at radius 2 is 1.96 bits per heavy atom. The van der Waals surface area contributed by atoms with Crippen molar-refractivity contribution in [1.29, 1.82) is 0 Å². The fourth-order valence-corrected chi connectivity index (χ4v) is 2.86. The van der Waals surface area contributed by atoms with Crippen LogP contribution < -0.4 is 9.47 Å². The Labute approximate surface area is 154 Å². The van der Waals surface area contributed by atoms with Crippen molar-refractivity contribution in [2.24, 2.45) is 0 Å². The fraction of sp³-hybridized carbons (Fsp3) is 0.278. The molecule has 0 atom stereocenters. The first-order valence-corrected chi connectivity index (χ1v) is 9.02. The summed E-state index contributed by atoms with van der Waals surface area (Å²) in [4.78, 5) is 17.4. The first-order chi connectivity index (χ1) is 12.7. The molecule has 0 aliphatic rings. The van der Waals surface area contributed by atoms with E-state index in [0.717, 1.165) is 4.88 Å². The van der Waals surface area contributed by atoms with Gasteiger partial charge < -0.3 is 18.7 Å². The highest BCUT2D eigenvalue weighted by atomic mass is 32.1. The first-order valence-electron chi connectivity index (χ1n) is 8.14. The van der Waals surface area contributed by atoms with Crippen molar-refractivity contribution in [1.82, 2.24) is 10.1 Å². The summed E-state index contributed by atoms with van der Waals surface area (Å²) in [5.74, 6) is 1.29. The van der Waals surface area contributed by atoms with Crippen molar-refractivity contribution in [3.63, 3.8) is 0 Å². The fourth-order valence-electron chi connectivity index (χ4n) is 2.21. The summed E-state index contributed by atoms with van der Waals surface area (Å²) in [5.41, 5.74) is 0.356. The summed E-state index contributed by atoms with van der Waals surface area (Å²) in [6.45, 7) is 4.61. The molecule has 3 aromatic rings. The third-order valence-electron chi connectivity index (χ3n) is 3.32. The van der Waals surface area contributed by atoms with E-state index in [2.05, 4.69) is 10.1 Å². The number of thiophene rings is 1. The number of aromatic nitrogens is 2. The van der Waals surface area contributed by atoms with E-state index in [1.54, 1.807) is 18.2 Å². The summed E-state index contributed by atoms with van der Waals surface area (Å²) >= 11 is 1.50. The SMILES string of the molecule is CCOc1ccc(C(=O)OCc2nc(-c3cccs3)no2)cc1OCC. The second kappa shape index (κ2) is 8.48. The highest BCUT2D eigenvalue weighted by Crippen LogP contribution is 2.29. The number of hydrogen-bond donors (Lipinski definition) is 0.